The molecule has 0 aromatic carbocycles. The quantitative estimate of drug-likeness (QED) is 0.726. The van der Waals surface area contributed by atoms with Gasteiger partial charge in [-0.3, -0.25) is 4.79 Å². The Kier molecular flexibility index (Phi) is 3.50. The highest BCUT2D eigenvalue weighted by atomic mass is 16.3. The molecule has 3 N–H and O–H groups in total. The van der Waals surface area contributed by atoms with E-state index in [1.54, 1.807) is 4.90 Å². The van der Waals surface area contributed by atoms with E-state index in [0.717, 1.165) is 25.7 Å². The predicted octanol–water partition coefficient (Wildman–Crippen LogP) is 0.631. The first kappa shape index (κ1) is 11.9. The van der Waals surface area contributed by atoms with Crippen LogP contribution in [-0.2, 0) is 4.79 Å². The molecule has 0 radical (unpaired) electrons. The van der Waals surface area contributed by atoms with Crippen LogP contribution in [0.15, 0.2) is 0 Å². The number of amides is 1. The molecule has 0 aromatic heterocycles. The van der Waals surface area contributed by atoms with E-state index in [1.165, 1.54) is 6.42 Å². The molecule has 1 saturated heterocycles. The summed E-state index contributed by atoms with van der Waals surface area (Å²) in [7, 11) is 0. The molecular weight excluding hydrogens is 204 g/mol. The minimum atomic E-state index is -0.330. The number of aliphatic hydroxyl groups excluding tert-OH is 1. The van der Waals surface area contributed by atoms with Gasteiger partial charge < -0.3 is 15.7 Å². The molecule has 1 atom stereocenters. The summed E-state index contributed by atoms with van der Waals surface area (Å²) in [6, 6.07) is 0. The van der Waals surface area contributed by atoms with Crippen LogP contribution in [0.3, 0.4) is 0 Å². The zero-order chi connectivity index (χ0) is 11.6. The first-order valence-corrected chi connectivity index (χ1v) is 6.34. The largest absolute Gasteiger partial charge is 0.391 e. The van der Waals surface area contributed by atoms with Crippen LogP contribution in [0.2, 0.25) is 0 Å². The van der Waals surface area contributed by atoms with Crippen LogP contribution in [0.25, 0.3) is 0 Å². The van der Waals surface area contributed by atoms with E-state index >= 15 is 0 Å². The van der Waals surface area contributed by atoms with Crippen molar-refractivity contribution in [2.45, 2.75) is 56.6 Å². The highest BCUT2D eigenvalue weighted by Crippen LogP contribution is 2.29. The van der Waals surface area contributed by atoms with Crippen molar-refractivity contribution in [1.82, 2.24) is 4.90 Å². The Balaban J connectivity index is 1.86. The van der Waals surface area contributed by atoms with Gasteiger partial charge in [0, 0.05) is 25.0 Å². The van der Waals surface area contributed by atoms with Crippen molar-refractivity contribution in [2.75, 3.05) is 13.1 Å². The summed E-state index contributed by atoms with van der Waals surface area (Å²) < 4.78 is 0. The molecule has 1 amide bonds. The molecule has 2 fully saturated rings. The molecule has 1 heterocycles. The summed E-state index contributed by atoms with van der Waals surface area (Å²) in [6.45, 7) is 1.19. The summed E-state index contributed by atoms with van der Waals surface area (Å²) in [6.07, 6.45) is 6.31. The average Bonchev–Trinajstić information content (AvgIpc) is 2.65. The number of rotatable bonds is 2. The number of hydrogen-bond acceptors (Lipinski definition) is 3. The molecule has 1 aliphatic heterocycles. The summed E-state index contributed by atoms with van der Waals surface area (Å²) >= 11 is 0. The molecule has 2 rings (SSSR count). The Morgan fingerprint density at radius 2 is 2.06 bits per heavy atom. The first-order valence-electron chi connectivity index (χ1n) is 6.34. The Bertz CT molecular complexity index is 262. The molecule has 92 valence electrons. The van der Waals surface area contributed by atoms with Gasteiger partial charge in [-0.25, -0.2) is 0 Å². The third-order valence-electron chi connectivity index (χ3n) is 3.87. The monoisotopic (exact) mass is 226 g/mol. The Labute approximate surface area is 96.8 Å². The average molecular weight is 226 g/mol. The minimum Gasteiger partial charge on any atom is -0.391 e. The lowest BCUT2D eigenvalue weighted by molar-refractivity contribution is -0.132. The van der Waals surface area contributed by atoms with Crippen LogP contribution in [0, 0.1) is 0 Å². The molecule has 4 nitrogen and oxygen atoms in total. The van der Waals surface area contributed by atoms with E-state index in [4.69, 9.17) is 5.73 Å². The molecule has 4 heteroatoms. The van der Waals surface area contributed by atoms with Gasteiger partial charge in [0.15, 0.2) is 0 Å². The number of nitrogens with two attached hydrogens (primary N) is 1. The van der Waals surface area contributed by atoms with Crippen LogP contribution < -0.4 is 5.73 Å². The molecule has 2 aliphatic rings. The van der Waals surface area contributed by atoms with E-state index < -0.39 is 0 Å². The molecule has 0 bridgehead atoms. The van der Waals surface area contributed by atoms with Crippen LogP contribution in [0.5, 0.6) is 0 Å². The summed E-state index contributed by atoms with van der Waals surface area (Å²) in [4.78, 5) is 13.8. The fourth-order valence-electron chi connectivity index (χ4n) is 2.81. The zero-order valence-corrected chi connectivity index (χ0v) is 9.82. The molecule has 1 aliphatic carbocycles. The fraction of sp³-hybridized carbons (Fsp3) is 0.917. The number of likely N-dealkylation sites (tertiary alicyclic amines) is 1. The molecule has 0 spiro atoms. The maximum atomic E-state index is 12.0. The number of hydrogen-bond donors (Lipinski definition) is 2. The molecule has 0 unspecified atom stereocenters. The number of carbonyl (C=O) groups excluding carboxylic acids is 1. The van der Waals surface area contributed by atoms with Gasteiger partial charge >= 0.3 is 0 Å². The second-order valence-corrected chi connectivity index (χ2v) is 5.38. The molecule has 1 saturated carbocycles. The van der Waals surface area contributed by atoms with Crippen molar-refractivity contribution in [1.29, 1.82) is 0 Å². The van der Waals surface area contributed by atoms with Crippen molar-refractivity contribution >= 4 is 5.91 Å². The van der Waals surface area contributed by atoms with Gasteiger partial charge in [-0.05, 0) is 19.3 Å². The summed E-state index contributed by atoms with van der Waals surface area (Å²) in [5.74, 6) is 0.126. The Morgan fingerprint density at radius 3 is 2.62 bits per heavy atom. The van der Waals surface area contributed by atoms with Gasteiger partial charge in [-0.1, -0.05) is 19.3 Å². The third-order valence-corrected chi connectivity index (χ3v) is 3.87. The summed E-state index contributed by atoms with van der Waals surface area (Å²) in [5.41, 5.74) is 5.98. The van der Waals surface area contributed by atoms with Crippen LogP contribution in [0.1, 0.15) is 44.9 Å². The summed E-state index contributed by atoms with van der Waals surface area (Å²) in [5, 5.41) is 9.39. The lowest BCUT2D eigenvalue weighted by Crippen LogP contribution is -2.46. The highest BCUT2D eigenvalue weighted by molar-refractivity contribution is 5.77. The number of nitrogens with zero attached hydrogens (tertiary/aromatic N) is 1. The highest BCUT2D eigenvalue weighted by Gasteiger charge is 2.33. The van der Waals surface area contributed by atoms with Gasteiger partial charge in [-0.2, -0.15) is 0 Å². The molecular formula is C12H22N2O2. The van der Waals surface area contributed by atoms with Crippen LogP contribution >= 0.6 is 0 Å². The second kappa shape index (κ2) is 4.72. The molecule has 16 heavy (non-hydrogen) atoms. The van der Waals surface area contributed by atoms with Crippen molar-refractivity contribution < 1.29 is 9.90 Å². The zero-order valence-electron chi connectivity index (χ0n) is 9.82. The van der Waals surface area contributed by atoms with E-state index in [2.05, 4.69) is 0 Å². The van der Waals surface area contributed by atoms with Gasteiger partial charge in [0.1, 0.15) is 0 Å². The minimum absolute atomic E-state index is 0.126. The predicted molar refractivity (Wildman–Crippen MR) is 61.8 cm³/mol. The van der Waals surface area contributed by atoms with E-state index in [-0.39, 0.29) is 17.6 Å². The number of β-amino-alcohol motifs (C(OH)–C–C–N with tert-alkyl or cyclic N) is 1. The normalized spacial score (nSPS) is 29.4. The maximum Gasteiger partial charge on any atom is 0.224 e. The SMILES string of the molecule is NC1(CC(=O)N2CC[C@@H](O)C2)CCCCC1. The van der Waals surface area contributed by atoms with Gasteiger partial charge in [0.2, 0.25) is 5.91 Å². The molecule has 0 aromatic rings. The first-order chi connectivity index (χ1) is 7.59. The van der Waals surface area contributed by atoms with E-state index in [1.807, 2.05) is 0 Å². The van der Waals surface area contributed by atoms with Crippen molar-refractivity contribution in [3.8, 4) is 0 Å². The van der Waals surface area contributed by atoms with Crippen molar-refractivity contribution in [3.05, 3.63) is 0 Å². The second-order valence-electron chi connectivity index (χ2n) is 5.38. The van der Waals surface area contributed by atoms with E-state index in [9.17, 15) is 9.90 Å². The van der Waals surface area contributed by atoms with Crippen LogP contribution in [-0.4, -0.2) is 40.6 Å². The topological polar surface area (TPSA) is 66.6 Å². The Hall–Kier alpha value is -0.610. The van der Waals surface area contributed by atoms with Gasteiger partial charge in [0.05, 0.1) is 6.10 Å². The lowest BCUT2D eigenvalue weighted by atomic mass is 9.80. The van der Waals surface area contributed by atoms with Crippen molar-refractivity contribution in [2.24, 2.45) is 5.73 Å². The maximum absolute atomic E-state index is 12.0. The number of carbonyl (C=O) groups is 1. The number of aliphatic hydroxyl groups is 1. The van der Waals surface area contributed by atoms with Crippen molar-refractivity contribution in [3.63, 3.8) is 0 Å². The standard InChI is InChI=1S/C12H22N2O2/c13-12(5-2-1-3-6-12)8-11(16)14-7-4-10(15)9-14/h10,15H,1-9,13H2/t10-/m1/s1. The third kappa shape index (κ3) is 2.74. The lowest BCUT2D eigenvalue weighted by Gasteiger charge is -2.34. The fourth-order valence-corrected chi connectivity index (χ4v) is 2.81. The van der Waals surface area contributed by atoms with E-state index in [0.29, 0.717) is 25.9 Å². The smallest absolute Gasteiger partial charge is 0.224 e. The Morgan fingerprint density at radius 1 is 1.38 bits per heavy atom. The van der Waals surface area contributed by atoms with Crippen LogP contribution in [0.4, 0.5) is 0 Å². The van der Waals surface area contributed by atoms with Gasteiger partial charge in [0.25, 0.3) is 0 Å². The van der Waals surface area contributed by atoms with Gasteiger partial charge in [-0.15, -0.1) is 0 Å².